The number of aryl methyl sites for hydroxylation is 2. The van der Waals surface area contributed by atoms with Gasteiger partial charge in [0.25, 0.3) is 5.91 Å². The van der Waals surface area contributed by atoms with E-state index in [2.05, 4.69) is 20.0 Å². The average molecular weight is 303 g/mol. The van der Waals surface area contributed by atoms with Crippen LogP contribution >= 0.6 is 0 Å². The second kappa shape index (κ2) is 5.90. The lowest BCUT2D eigenvalue weighted by Crippen LogP contribution is -2.46. The van der Waals surface area contributed by atoms with Gasteiger partial charge >= 0.3 is 0 Å². The highest BCUT2D eigenvalue weighted by Crippen LogP contribution is 2.16. The first-order valence-corrected chi connectivity index (χ1v) is 7.78. The molecule has 3 rings (SSSR count). The number of imidazole rings is 1. The van der Waals surface area contributed by atoms with Gasteiger partial charge < -0.3 is 9.88 Å². The number of aromatic nitrogens is 2. The van der Waals surface area contributed by atoms with Crippen LogP contribution < -0.4 is 5.32 Å². The molecule has 0 saturated heterocycles. The van der Waals surface area contributed by atoms with Gasteiger partial charge in [0.1, 0.15) is 11.5 Å². The van der Waals surface area contributed by atoms with E-state index in [1.165, 1.54) is 5.01 Å². The summed E-state index contributed by atoms with van der Waals surface area (Å²) in [6.07, 6.45) is 4.54. The van der Waals surface area contributed by atoms with Gasteiger partial charge in [0.15, 0.2) is 0 Å². The van der Waals surface area contributed by atoms with Crippen LogP contribution in [0.25, 0.3) is 0 Å². The molecule has 22 heavy (non-hydrogen) atoms. The Morgan fingerprint density at radius 3 is 3.00 bits per heavy atom. The lowest BCUT2D eigenvalue weighted by molar-refractivity contribution is -0.131. The summed E-state index contributed by atoms with van der Waals surface area (Å²) in [7, 11) is 0. The van der Waals surface area contributed by atoms with E-state index in [-0.39, 0.29) is 17.9 Å². The zero-order valence-corrected chi connectivity index (χ0v) is 13.0. The normalized spacial score (nSPS) is 21.4. The SMILES string of the molecule is CCN1N=C(C(=O)NC2CCc3nc(C)cn3C2)CCC1=O. The summed E-state index contributed by atoms with van der Waals surface area (Å²) in [5.74, 6) is 0.909. The van der Waals surface area contributed by atoms with E-state index in [4.69, 9.17) is 0 Å². The molecule has 3 heterocycles. The molecule has 1 N–H and O–H groups in total. The van der Waals surface area contributed by atoms with Crippen molar-refractivity contribution >= 4 is 17.5 Å². The minimum atomic E-state index is -0.156. The Labute approximate surface area is 129 Å². The van der Waals surface area contributed by atoms with Crippen LogP contribution in [0.1, 0.15) is 37.7 Å². The number of amides is 2. The topological polar surface area (TPSA) is 79.6 Å². The standard InChI is InChI=1S/C15H21N5O2/c1-3-20-14(21)7-5-12(18-20)15(22)17-11-4-6-13-16-10(2)8-19(13)9-11/h8,11H,3-7,9H2,1-2H3,(H,17,22). The summed E-state index contributed by atoms with van der Waals surface area (Å²) in [5, 5.41) is 8.58. The molecule has 0 fully saturated rings. The predicted octanol–water partition coefficient (Wildman–Crippen LogP) is 0.621. The van der Waals surface area contributed by atoms with Crippen molar-refractivity contribution in [1.29, 1.82) is 0 Å². The number of carbonyl (C=O) groups excluding carboxylic acids is 2. The molecule has 0 radical (unpaired) electrons. The van der Waals surface area contributed by atoms with Crippen LogP contribution in [0, 0.1) is 6.92 Å². The minimum Gasteiger partial charge on any atom is -0.346 e. The second-order valence-electron chi connectivity index (χ2n) is 5.82. The molecule has 1 unspecified atom stereocenters. The lowest BCUT2D eigenvalue weighted by Gasteiger charge is -2.26. The Morgan fingerprint density at radius 2 is 2.23 bits per heavy atom. The van der Waals surface area contributed by atoms with Crippen LogP contribution in [-0.2, 0) is 22.6 Å². The second-order valence-corrected chi connectivity index (χ2v) is 5.82. The molecule has 0 bridgehead atoms. The monoisotopic (exact) mass is 303 g/mol. The number of hydrogen-bond donors (Lipinski definition) is 1. The Kier molecular flexibility index (Phi) is 3.96. The summed E-state index contributed by atoms with van der Waals surface area (Å²) in [6.45, 7) is 5.07. The third-order valence-corrected chi connectivity index (χ3v) is 4.11. The van der Waals surface area contributed by atoms with E-state index in [0.717, 1.165) is 30.9 Å². The van der Waals surface area contributed by atoms with E-state index in [9.17, 15) is 9.59 Å². The molecule has 1 atom stereocenters. The van der Waals surface area contributed by atoms with Crippen LogP contribution in [0.2, 0.25) is 0 Å². The third-order valence-electron chi connectivity index (χ3n) is 4.11. The van der Waals surface area contributed by atoms with E-state index in [0.29, 0.717) is 25.1 Å². The zero-order valence-electron chi connectivity index (χ0n) is 13.0. The first-order valence-electron chi connectivity index (χ1n) is 7.78. The van der Waals surface area contributed by atoms with Crippen molar-refractivity contribution in [2.75, 3.05) is 6.54 Å². The number of nitrogens with one attached hydrogen (secondary N) is 1. The molecule has 1 aromatic rings. The molecule has 7 nitrogen and oxygen atoms in total. The quantitative estimate of drug-likeness (QED) is 0.889. The maximum absolute atomic E-state index is 12.3. The number of nitrogens with zero attached hydrogens (tertiary/aromatic N) is 4. The summed E-state index contributed by atoms with van der Waals surface area (Å²) in [6, 6.07) is 0.0870. The summed E-state index contributed by atoms with van der Waals surface area (Å²) in [4.78, 5) is 28.4. The number of fused-ring (bicyclic) bond motifs is 1. The van der Waals surface area contributed by atoms with Gasteiger partial charge in [-0.05, 0) is 20.3 Å². The molecule has 2 aliphatic rings. The van der Waals surface area contributed by atoms with Crippen LogP contribution in [0.4, 0.5) is 0 Å². The van der Waals surface area contributed by atoms with E-state index in [1.807, 2.05) is 20.0 Å². The summed E-state index contributed by atoms with van der Waals surface area (Å²) < 4.78 is 2.11. The minimum absolute atomic E-state index is 0.0183. The van der Waals surface area contributed by atoms with Crippen molar-refractivity contribution < 1.29 is 9.59 Å². The van der Waals surface area contributed by atoms with Gasteiger partial charge in [-0.1, -0.05) is 0 Å². The van der Waals surface area contributed by atoms with Crippen LogP contribution in [0.5, 0.6) is 0 Å². The molecule has 1 aromatic heterocycles. The number of carbonyl (C=O) groups is 2. The van der Waals surface area contributed by atoms with Gasteiger partial charge in [0, 0.05) is 44.6 Å². The van der Waals surface area contributed by atoms with Crippen molar-refractivity contribution in [2.45, 2.75) is 52.1 Å². The van der Waals surface area contributed by atoms with Crippen LogP contribution in [0.15, 0.2) is 11.3 Å². The molecule has 0 spiro atoms. The van der Waals surface area contributed by atoms with Crippen molar-refractivity contribution in [2.24, 2.45) is 5.10 Å². The number of hydrazone groups is 1. The van der Waals surface area contributed by atoms with Gasteiger partial charge in [-0.3, -0.25) is 9.59 Å². The highest BCUT2D eigenvalue weighted by atomic mass is 16.2. The third kappa shape index (κ3) is 2.88. The Bertz CT molecular complexity index is 634. The van der Waals surface area contributed by atoms with Gasteiger partial charge in [-0.2, -0.15) is 5.10 Å². The highest BCUT2D eigenvalue weighted by molar-refractivity contribution is 6.39. The van der Waals surface area contributed by atoms with Crippen molar-refractivity contribution in [3.05, 3.63) is 17.7 Å². The fourth-order valence-electron chi connectivity index (χ4n) is 2.98. The molecule has 0 aromatic carbocycles. The maximum Gasteiger partial charge on any atom is 0.267 e. The van der Waals surface area contributed by atoms with Crippen molar-refractivity contribution in [3.8, 4) is 0 Å². The molecule has 2 amide bonds. The molecule has 118 valence electrons. The fourth-order valence-corrected chi connectivity index (χ4v) is 2.98. The van der Waals surface area contributed by atoms with E-state index >= 15 is 0 Å². The zero-order chi connectivity index (χ0) is 15.7. The maximum atomic E-state index is 12.3. The van der Waals surface area contributed by atoms with Crippen molar-refractivity contribution in [1.82, 2.24) is 19.9 Å². The first kappa shape index (κ1) is 14.7. The van der Waals surface area contributed by atoms with Gasteiger partial charge in [-0.15, -0.1) is 0 Å². The van der Waals surface area contributed by atoms with E-state index < -0.39 is 0 Å². The molecule has 2 aliphatic heterocycles. The summed E-state index contributed by atoms with van der Waals surface area (Å²) in [5.41, 5.74) is 1.46. The van der Waals surface area contributed by atoms with Gasteiger partial charge in [-0.25, -0.2) is 9.99 Å². The smallest absolute Gasteiger partial charge is 0.267 e. The van der Waals surface area contributed by atoms with Gasteiger partial charge in [0.05, 0.1) is 5.69 Å². The largest absolute Gasteiger partial charge is 0.346 e. The molecular formula is C15H21N5O2. The molecule has 0 saturated carbocycles. The van der Waals surface area contributed by atoms with Crippen LogP contribution in [0.3, 0.4) is 0 Å². The summed E-state index contributed by atoms with van der Waals surface area (Å²) >= 11 is 0. The molecule has 0 aliphatic carbocycles. The van der Waals surface area contributed by atoms with Crippen molar-refractivity contribution in [3.63, 3.8) is 0 Å². The Morgan fingerprint density at radius 1 is 1.41 bits per heavy atom. The average Bonchev–Trinajstić information content (AvgIpc) is 2.87. The fraction of sp³-hybridized carbons (Fsp3) is 0.600. The molecule has 7 heteroatoms. The van der Waals surface area contributed by atoms with Crippen LogP contribution in [-0.4, -0.2) is 44.7 Å². The Balaban J connectivity index is 1.64. The first-order chi connectivity index (χ1) is 10.6. The highest BCUT2D eigenvalue weighted by Gasteiger charge is 2.26. The lowest BCUT2D eigenvalue weighted by atomic mass is 10.1. The van der Waals surface area contributed by atoms with Gasteiger partial charge in [0.2, 0.25) is 5.91 Å². The molecular weight excluding hydrogens is 282 g/mol. The number of hydrogen-bond acceptors (Lipinski definition) is 4. The van der Waals surface area contributed by atoms with E-state index in [1.54, 1.807) is 0 Å². The Hall–Kier alpha value is -2.18. The number of rotatable bonds is 3. The predicted molar refractivity (Wildman–Crippen MR) is 81.3 cm³/mol.